The van der Waals surface area contributed by atoms with E-state index in [4.69, 9.17) is 0 Å². The van der Waals surface area contributed by atoms with Crippen molar-refractivity contribution in [2.45, 2.75) is 90.3 Å². The molecule has 0 unspecified atom stereocenters. The van der Waals surface area contributed by atoms with Crippen molar-refractivity contribution < 1.29 is 19.8 Å². The zero-order valence-electron chi connectivity index (χ0n) is 25.1. The molecule has 2 N–H and O–H groups in total. The van der Waals surface area contributed by atoms with E-state index < -0.39 is 17.1 Å². The highest BCUT2D eigenvalue weighted by Crippen LogP contribution is 2.59. The summed E-state index contributed by atoms with van der Waals surface area (Å²) in [5, 5.41) is 23.3. The van der Waals surface area contributed by atoms with Crippen LogP contribution in [0, 0.1) is 12.3 Å². The van der Waals surface area contributed by atoms with Crippen LogP contribution in [0.3, 0.4) is 0 Å². The summed E-state index contributed by atoms with van der Waals surface area (Å²) in [5.74, 6) is 0.176. The number of carbonyl (C=O) groups excluding carboxylic acids is 2. The number of aliphatic hydroxyl groups excluding tert-OH is 1. The summed E-state index contributed by atoms with van der Waals surface area (Å²) >= 11 is 1.52. The Balaban J connectivity index is 1.54. The van der Waals surface area contributed by atoms with E-state index in [0.29, 0.717) is 38.9 Å². The Morgan fingerprint density at radius 2 is 1.80 bits per heavy atom. The number of rotatable bonds is 4. The van der Waals surface area contributed by atoms with Gasteiger partial charge in [-0.25, -0.2) is 0 Å². The first-order chi connectivity index (χ1) is 19.5. The number of ketones is 1. The van der Waals surface area contributed by atoms with Crippen molar-refractivity contribution in [3.05, 3.63) is 68.4 Å². The number of amides is 1. The molecule has 4 atom stereocenters. The molecular weight excluding hydrogens is 532 g/mol. The fourth-order valence-corrected chi connectivity index (χ4v) is 8.30. The molecule has 7 heteroatoms. The van der Waals surface area contributed by atoms with E-state index in [1.54, 1.807) is 6.92 Å². The molecule has 2 heterocycles. The molecule has 1 saturated heterocycles. The topological polar surface area (TPSA) is 81.1 Å². The monoisotopic (exact) mass is 578 g/mol. The second-order valence-corrected chi connectivity index (χ2v) is 14.3. The summed E-state index contributed by atoms with van der Waals surface area (Å²) in [6.07, 6.45) is 7.03. The number of aliphatic hydroxyl groups is 2. The van der Waals surface area contributed by atoms with Gasteiger partial charge >= 0.3 is 0 Å². The highest BCUT2D eigenvalue weighted by Gasteiger charge is 2.57. The number of nitrogens with zero attached hydrogens (tertiary/aromatic N) is 2. The van der Waals surface area contributed by atoms with E-state index in [-0.39, 0.29) is 17.6 Å². The standard InChI is InChI=1S/C34H46N2O4S/c1-23-6-5-14-33(4)30(13-15-34(33,40)22-35-16-18-36(19-17-35)25(3)37)28-11-9-26(20-27(38)10-7-23)21-29(28)32(39)31-12-8-24(2)41-31/h6,8-9,11-12,21,27,30,38,40H,5,7,10,13-20,22H2,1-4H3/t27-,30-,33-,34+/m0/s1. The van der Waals surface area contributed by atoms with E-state index >= 15 is 0 Å². The van der Waals surface area contributed by atoms with Crippen molar-refractivity contribution in [1.29, 1.82) is 0 Å². The van der Waals surface area contributed by atoms with Gasteiger partial charge in [0.1, 0.15) is 0 Å². The zero-order chi connectivity index (χ0) is 29.4. The SMILES string of the molecule is CC(=O)N1CCN(C[C@]2(O)CC[C@H]3c4ccc(cc4C(=O)c4ccc(C)s4)C[C@@H](O)CCC(C)=CCC[C@@]32C)CC1. The van der Waals surface area contributed by atoms with E-state index in [1.807, 2.05) is 30.0 Å². The van der Waals surface area contributed by atoms with Crippen LogP contribution in [0.2, 0.25) is 0 Å². The molecule has 4 aliphatic rings. The van der Waals surface area contributed by atoms with Gasteiger partial charge in [0.05, 0.1) is 16.6 Å². The first-order valence-corrected chi connectivity index (χ1v) is 16.1. The van der Waals surface area contributed by atoms with Gasteiger partial charge in [-0.2, -0.15) is 0 Å². The summed E-state index contributed by atoms with van der Waals surface area (Å²) in [5.41, 5.74) is 2.65. The van der Waals surface area contributed by atoms with Gasteiger partial charge in [0, 0.05) is 55.5 Å². The number of β-amino-alcohol motifs (C(OH)–C–C–N with tert-alkyl or cyclic N) is 1. The summed E-state index contributed by atoms with van der Waals surface area (Å²) in [7, 11) is 0. The van der Waals surface area contributed by atoms with E-state index in [2.05, 4.69) is 37.0 Å². The summed E-state index contributed by atoms with van der Waals surface area (Å²) in [6, 6.07) is 10.1. The minimum Gasteiger partial charge on any atom is -0.393 e. The summed E-state index contributed by atoms with van der Waals surface area (Å²) in [6.45, 7) is 11.5. The molecule has 2 bridgehead atoms. The number of hydrogen-bond acceptors (Lipinski definition) is 6. The maximum absolute atomic E-state index is 14.0. The number of hydrogen-bond donors (Lipinski definition) is 2. The van der Waals surface area contributed by atoms with Crippen LogP contribution in [-0.2, 0) is 11.2 Å². The molecule has 1 saturated carbocycles. The van der Waals surface area contributed by atoms with Crippen molar-refractivity contribution in [1.82, 2.24) is 9.80 Å². The predicted octanol–water partition coefficient (Wildman–Crippen LogP) is 5.49. The van der Waals surface area contributed by atoms with E-state index in [1.165, 1.54) is 16.9 Å². The lowest BCUT2D eigenvalue weighted by atomic mass is 9.64. The van der Waals surface area contributed by atoms with E-state index in [0.717, 1.165) is 65.2 Å². The fourth-order valence-electron chi connectivity index (χ4n) is 7.48. The van der Waals surface area contributed by atoms with Crippen LogP contribution in [0.25, 0.3) is 0 Å². The number of piperazine rings is 1. The lowest BCUT2D eigenvalue weighted by Gasteiger charge is -2.47. The molecule has 2 aromatic rings. The van der Waals surface area contributed by atoms with Crippen LogP contribution in [0.5, 0.6) is 0 Å². The smallest absolute Gasteiger partial charge is 0.219 e. The van der Waals surface area contributed by atoms with Crippen molar-refractivity contribution in [2.24, 2.45) is 5.41 Å². The lowest BCUT2D eigenvalue weighted by molar-refractivity contribution is -0.132. The molecule has 1 amide bonds. The zero-order valence-corrected chi connectivity index (χ0v) is 25.9. The van der Waals surface area contributed by atoms with Gasteiger partial charge < -0.3 is 15.1 Å². The van der Waals surface area contributed by atoms with Crippen LogP contribution < -0.4 is 0 Å². The molecule has 1 aromatic heterocycles. The third-order valence-corrected chi connectivity index (χ3v) is 11.2. The Hall–Kier alpha value is -2.32. The Morgan fingerprint density at radius 3 is 2.49 bits per heavy atom. The van der Waals surface area contributed by atoms with Gasteiger partial charge in [-0.3, -0.25) is 14.5 Å². The van der Waals surface area contributed by atoms with Crippen molar-refractivity contribution in [3.63, 3.8) is 0 Å². The molecule has 6 nitrogen and oxygen atoms in total. The highest BCUT2D eigenvalue weighted by atomic mass is 32.1. The first-order valence-electron chi connectivity index (χ1n) is 15.3. The average Bonchev–Trinajstić information content (AvgIpc) is 3.48. The molecule has 3 aliphatic carbocycles. The number of carbonyl (C=O) groups is 2. The second-order valence-electron chi connectivity index (χ2n) is 13.0. The molecule has 41 heavy (non-hydrogen) atoms. The van der Waals surface area contributed by atoms with Crippen LogP contribution in [0.4, 0.5) is 0 Å². The van der Waals surface area contributed by atoms with E-state index in [9.17, 15) is 19.8 Å². The van der Waals surface area contributed by atoms with Crippen LogP contribution >= 0.6 is 11.3 Å². The normalized spacial score (nSPS) is 29.6. The first kappa shape index (κ1) is 30.1. The summed E-state index contributed by atoms with van der Waals surface area (Å²) < 4.78 is 0. The Bertz CT molecular complexity index is 1310. The molecule has 0 radical (unpaired) electrons. The number of allylic oxidation sites excluding steroid dienone is 2. The maximum atomic E-state index is 14.0. The Labute approximate surface area is 249 Å². The molecule has 1 aromatic carbocycles. The summed E-state index contributed by atoms with van der Waals surface area (Å²) in [4.78, 5) is 32.0. The molecule has 222 valence electrons. The van der Waals surface area contributed by atoms with Gasteiger partial charge in [-0.05, 0) is 94.0 Å². The number of aryl methyl sites for hydroxylation is 1. The average molecular weight is 579 g/mol. The van der Waals surface area contributed by atoms with Crippen LogP contribution in [0.15, 0.2) is 42.0 Å². The van der Waals surface area contributed by atoms with Crippen molar-refractivity contribution in [2.75, 3.05) is 32.7 Å². The minimum atomic E-state index is -0.913. The van der Waals surface area contributed by atoms with Crippen LogP contribution in [0.1, 0.15) is 96.5 Å². The lowest BCUT2D eigenvalue weighted by Crippen LogP contribution is -2.57. The predicted molar refractivity (Wildman–Crippen MR) is 165 cm³/mol. The van der Waals surface area contributed by atoms with Crippen molar-refractivity contribution in [3.8, 4) is 0 Å². The molecule has 6 rings (SSSR count). The molecular formula is C34H46N2O4S. The van der Waals surface area contributed by atoms with Gasteiger partial charge in [0.15, 0.2) is 0 Å². The Morgan fingerprint density at radius 1 is 1.05 bits per heavy atom. The number of benzene rings is 1. The number of thiophene rings is 1. The largest absolute Gasteiger partial charge is 0.393 e. The van der Waals surface area contributed by atoms with Crippen molar-refractivity contribution >= 4 is 23.0 Å². The van der Waals surface area contributed by atoms with Gasteiger partial charge in [0.2, 0.25) is 11.7 Å². The third kappa shape index (κ3) is 6.24. The Kier molecular flexibility index (Phi) is 8.91. The molecule has 2 fully saturated rings. The highest BCUT2D eigenvalue weighted by molar-refractivity contribution is 7.14. The second kappa shape index (κ2) is 12.1. The third-order valence-electron chi connectivity index (χ3n) is 10.2. The van der Waals surface area contributed by atoms with Gasteiger partial charge in [-0.1, -0.05) is 30.7 Å². The van der Waals surface area contributed by atoms with Crippen LogP contribution in [-0.4, -0.2) is 76.1 Å². The molecule has 0 spiro atoms. The van der Waals surface area contributed by atoms with Gasteiger partial charge in [-0.15, -0.1) is 11.3 Å². The quantitative estimate of drug-likeness (QED) is 0.371. The molecule has 1 aliphatic heterocycles. The number of fused-ring (bicyclic) bond motifs is 8. The fraction of sp³-hybridized carbons (Fsp3) is 0.588. The minimum absolute atomic E-state index is 0.0293. The van der Waals surface area contributed by atoms with Gasteiger partial charge in [0.25, 0.3) is 0 Å². The maximum Gasteiger partial charge on any atom is 0.219 e.